The minimum atomic E-state index is -0.929. The van der Waals surface area contributed by atoms with Crippen molar-refractivity contribution in [3.8, 4) is 0 Å². The number of carbonyl (C=O) groups is 3. The van der Waals surface area contributed by atoms with Gasteiger partial charge in [-0.3, -0.25) is 19.7 Å². The van der Waals surface area contributed by atoms with Crippen LogP contribution < -0.4 is 11.1 Å². The summed E-state index contributed by atoms with van der Waals surface area (Å²) >= 11 is 0. The lowest BCUT2D eigenvalue weighted by molar-refractivity contribution is -0.135. The van der Waals surface area contributed by atoms with Gasteiger partial charge < -0.3 is 5.73 Å². The van der Waals surface area contributed by atoms with E-state index in [4.69, 9.17) is 5.73 Å². The van der Waals surface area contributed by atoms with Gasteiger partial charge in [0.2, 0.25) is 11.8 Å². The van der Waals surface area contributed by atoms with Gasteiger partial charge in [0.1, 0.15) is 5.92 Å². The Hall–Kier alpha value is -0.940. The van der Waals surface area contributed by atoms with Crippen LogP contribution in [0.25, 0.3) is 0 Å². The second-order valence-corrected chi connectivity index (χ2v) is 5.37. The molecule has 1 fully saturated rings. The number of imide groups is 1. The SMILES string of the molecule is C[C@@H]1C(=O)NC(=O)[C@H]1C(=O)[C@@H](N)C(C)(C)C.Cl. The molecule has 0 aromatic carbocycles. The monoisotopic (exact) mass is 262 g/mol. The number of halogens is 1. The first-order chi connectivity index (χ1) is 7.16. The lowest BCUT2D eigenvalue weighted by Crippen LogP contribution is -2.47. The summed E-state index contributed by atoms with van der Waals surface area (Å²) in [7, 11) is 0. The highest BCUT2D eigenvalue weighted by Gasteiger charge is 2.46. The average Bonchev–Trinajstić information content (AvgIpc) is 2.38. The van der Waals surface area contributed by atoms with Gasteiger partial charge in [0.15, 0.2) is 5.78 Å². The van der Waals surface area contributed by atoms with Crippen LogP contribution in [0.4, 0.5) is 0 Å². The van der Waals surface area contributed by atoms with Gasteiger partial charge in [-0.2, -0.15) is 0 Å². The van der Waals surface area contributed by atoms with E-state index in [1.165, 1.54) is 0 Å². The molecule has 0 bridgehead atoms. The Kier molecular flexibility index (Phi) is 4.86. The van der Waals surface area contributed by atoms with E-state index in [9.17, 15) is 14.4 Å². The molecule has 0 aliphatic carbocycles. The van der Waals surface area contributed by atoms with E-state index in [2.05, 4.69) is 5.32 Å². The van der Waals surface area contributed by atoms with Crippen LogP contribution in [0, 0.1) is 17.3 Å². The van der Waals surface area contributed by atoms with E-state index < -0.39 is 35.1 Å². The largest absolute Gasteiger partial charge is 0.321 e. The molecule has 1 aliphatic rings. The van der Waals surface area contributed by atoms with Gasteiger partial charge in [0.05, 0.1) is 12.0 Å². The van der Waals surface area contributed by atoms with Crippen molar-refractivity contribution in [3.63, 3.8) is 0 Å². The summed E-state index contributed by atoms with van der Waals surface area (Å²) in [6, 6.07) is -0.739. The summed E-state index contributed by atoms with van der Waals surface area (Å²) in [5, 5.41) is 2.15. The Balaban J connectivity index is 0.00000256. The van der Waals surface area contributed by atoms with Crippen LogP contribution in [0.1, 0.15) is 27.7 Å². The molecule has 0 aromatic heterocycles. The van der Waals surface area contributed by atoms with E-state index in [0.29, 0.717) is 0 Å². The Bertz CT molecular complexity index is 349. The number of hydrogen-bond acceptors (Lipinski definition) is 4. The van der Waals surface area contributed by atoms with E-state index >= 15 is 0 Å². The normalized spacial score (nSPS) is 26.2. The van der Waals surface area contributed by atoms with Crippen LogP contribution in [0.5, 0.6) is 0 Å². The number of nitrogens with two attached hydrogens (primary N) is 1. The highest BCUT2D eigenvalue weighted by molar-refractivity contribution is 6.16. The maximum atomic E-state index is 12.0. The molecule has 2 amide bonds. The van der Waals surface area contributed by atoms with Crippen molar-refractivity contribution in [2.45, 2.75) is 33.7 Å². The molecule has 6 heteroatoms. The van der Waals surface area contributed by atoms with Crippen LogP contribution in [0.2, 0.25) is 0 Å². The van der Waals surface area contributed by atoms with Gasteiger partial charge in [-0.05, 0) is 5.41 Å². The topological polar surface area (TPSA) is 89.3 Å². The Morgan fingerprint density at radius 2 is 1.76 bits per heavy atom. The summed E-state index contributed by atoms with van der Waals surface area (Å²) < 4.78 is 0. The van der Waals surface area contributed by atoms with Crippen molar-refractivity contribution in [1.82, 2.24) is 5.32 Å². The molecule has 0 saturated carbocycles. The lowest BCUT2D eigenvalue weighted by Gasteiger charge is -2.27. The zero-order valence-electron chi connectivity index (χ0n) is 10.4. The third-order valence-electron chi connectivity index (χ3n) is 2.99. The lowest BCUT2D eigenvalue weighted by atomic mass is 9.78. The van der Waals surface area contributed by atoms with Crippen molar-refractivity contribution < 1.29 is 14.4 Å². The van der Waals surface area contributed by atoms with Crippen molar-refractivity contribution in [2.75, 3.05) is 0 Å². The fourth-order valence-electron chi connectivity index (χ4n) is 1.69. The minimum absolute atomic E-state index is 0. The molecule has 1 rings (SSSR count). The molecule has 0 unspecified atom stereocenters. The van der Waals surface area contributed by atoms with Crippen LogP contribution in [0.3, 0.4) is 0 Å². The maximum Gasteiger partial charge on any atom is 0.238 e. The molecule has 0 aromatic rings. The molecular formula is C11H19ClN2O3. The maximum absolute atomic E-state index is 12.0. The zero-order valence-corrected chi connectivity index (χ0v) is 11.3. The standard InChI is InChI=1S/C11H18N2O3.ClH/c1-5-6(10(16)13-9(5)15)7(14)8(12)11(2,3)4;/h5-6,8H,12H2,1-4H3,(H,13,15,16);1H/t5-,6+,8+;/m0./s1. The van der Waals surface area contributed by atoms with Gasteiger partial charge >= 0.3 is 0 Å². The third kappa shape index (κ3) is 3.04. The summed E-state index contributed by atoms with van der Waals surface area (Å²) in [6.45, 7) is 7.05. The van der Waals surface area contributed by atoms with E-state index in [1.807, 2.05) is 20.8 Å². The Labute approximate surface area is 107 Å². The molecule has 1 saturated heterocycles. The number of hydrogen-bond donors (Lipinski definition) is 2. The molecule has 0 spiro atoms. The van der Waals surface area contributed by atoms with Crippen LogP contribution in [-0.4, -0.2) is 23.6 Å². The fourth-order valence-corrected chi connectivity index (χ4v) is 1.69. The molecule has 3 N–H and O–H groups in total. The summed E-state index contributed by atoms with van der Waals surface area (Å²) in [4.78, 5) is 34.7. The van der Waals surface area contributed by atoms with Crippen molar-refractivity contribution in [2.24, 2.45) is 23.0 Å². The number of ketones is 1. The zero-order chi connectivity index (χ0) is 12.7. The van der Waals surface area contributed by atoms with Crippen molar-refractivity contribution >= 4 is 30.0 Å². The molecule has 3 atom stereocenters. The van der Waals surface area contributed by atoms with Gasteiger partial charge in [0, 0.05) is 0 Å². The summed E-state index contributed by atoms with van der Waals surface area (Å²) in [5.74, 6) is -2.83. The van der Waals surface area contributed by atoms with Gasteiger partial charge in [-0.15, -0.1) is 12.4 Å². The van der Waals surface area contributed by atoms with Crippen molar-refractivity contribution in [3.05, 3.63) is 0 Å². The number of rotatable bonds is 2. The predicted molar refractivity (Wildman–Crippen MR) is 65.5 cm³/mol. The first-order valence-corrected chi connectivity index (χ1v) is 5.30. The number of amides is 2. The summed E-state index contributed by atoms with van der Waals surface area (Å²) in [6.07, 6.45) is 0. The first-order valence-electron chi connectivity index (χ1n) is 5.30. The van der Waals surface area contributed by atoms with Crippen LogP contribution >= 0.6 is 12.4 Å². The van der Waals surface area contributed by atoms with E-state index in [-0.39, 0.29) is 18.2 Å². The van der Waals surface area contributed by atoms with Gasteiger partial charge in [-0.1, -0.05) is 27.7 Å². The molecule has 98 valence electrons. The fraction of sp³-hybridized carbons (Fsp3) is 0.727. The third-order valence-corrected chi connectivity index (χ3v) is 2.99. The second kappa shape index (κ2) is 5.14. The minimum Gasteiger partial charge on any atom is -0.321 e. The Morgan fingerprint density at radius 1 is 1.29 bits per heavy atom. The number of Topliss-reactive ketones (excluding diaryl/α,β-unsaturated/α-hetero) is 1. The van der Waals surface area contributed by atoms with Crippen LogP contribution in [-0.2, 0) is 14.4 Å². The molecule has 5 nitrogen and oxygen atoms in total. The molecule has 1 heterocycles. The Morgan fingerprint density at radius 3 is 2.06 bits per heavy atom. The molecule has 17 heavy (non-hydrogen) atoms. The quantitative estimate of drug-likeness (QED) is 0.552. The van der Waals surface area contributed by atoms with E-state index in [1.54, 1.807) is 6.92 Å². The summed E-state index contributed by atoms with van der Waals surface area (Å²) in [5.41, 5.74) is 5.39. The number of carbonyl (C=O) groups excluding carboxylic acids is 3. The molecule has 1 aliphatic heterocycles. The smallest absolute Gasteiger partial charge is 0.238 e. The average molecular weight is 263 g/mol. The molecular weight excluding hydrogens is 244 g/mol. The van der Waals surface area contributed by atoms with E-state index in [0.717, 1.165) is 0 Å². The van der Waals surface area contributed by atoms with Crippen LogP contribution in [0.15, 0.2) is 0 Å². The second-order valence-electron chi connectivity index (χ2n) is 5.37. The first kappa shape index (κ1) is 16.1. The van der Waals surface area contributed by atoms with Crippen molar-refractivity contribution in [1.29, 1.82) is 0 Å². The highest BCUT2D eigenvalue weighted by Crippen LogP contribution is 2.26. The highest BCUT2D eigenvalue weighted by atomic mass is 35.5. The van der Waals surface area contributed by atoms with Gasteiger partial charge in [-0.25, -0.2) is 0 Å². The predicted octanol–water partition coefficient (Wildman–Crippen LogP) is 0.259. The number of nitrogens with one attached hydrogen (secondary N) is 1. The molecule has 0 radical (unpaired) electrons. The van der Waals surface area contributed by atoms with Gasteiger partial charge in [0.25, 0.3) is 0 Å².